The Hall–Kier alpha value is -1.73. The number of para-hydroxylation sites is 2. The second kappa shape index (κ2) is 5.50. The number of methoxy groups -OCH3 is 1. The molecule has 1 aliphatic heterocycles. The van der Waals surface area contributed by atoms with E-state index in [9.17, 15) is 5.26 Å². The van der Waals surface area contributed by atoms with Crippen molar-refractivity contribution in [3.63, 3.8) is 0 Å². The van der Waals surface area contributed by atoms with E-state index in [2.05, 4.69) is 30.1 Å². The fourth-order valence-electron chi connectivity index (χ4n) is 2.51. The first-order valence-corrected chi connectivity index (χ1v) is 6.67. The highest BCUT2D eigenvalue weighted by Crippen LogP contribution is 2.31. The van der Waals surface area contributed by atoms with Gasteiger partial charge in [-0.15, -0.1) is 0 Å². The standard InChI is InChI=1S/C15H21N3O/c1-12(2)18-9-8-15(10-16,11-18)17-13-6-4-5-7-14(13)19-3/h4-7,12,17H,8-9,11H2,1-3H3. The van der Waals surface area contributed by atoms with Crippen LogP contribution in [0, 0.1) is 11.3 Å². The lowest BCUT2D eigenvalue weighted by molar-refractivity contribution is 0.268. The Morgan fingerprint density at radius 1 is 1.42 bits per heavy atom. The Labute approximate surface area is 115 Å². The molecule has 19 heavy (non-hydrogen) atoms. The van der Waals surface area contributed by atoms with E-state index in [1.54, 1.807) is 7.11 Å². The number of likely N-dealkylation sites (tertiary alicyclic amines) is 1. The SMILES string of the molecule is COc1ccccc1NC1(C#N)CCN(C(C)C)C1. The van der Waals surface area contributed by atoms with Gasteiger partial charge in [-0.1, -0.05) is 12.1 Å². The molecule has 1 aromatic rings. The van der Waals surface area contributed by atoms with Crippen LogP contribution < -0.4 is 10.1 Å². The van der Waals surface area contributed by atoms with E-state index in [0.29, 0.717) is 6.04 Å². The van der Waals surface area contributed by atoms with Crippen LogP contribution in [-0.2, 0) is 0 Å². The molecule has 1 heterocycles. The van der Waals surface area contributed by atoms with E-state index in [0.717, 1.165) is 30.9 Å². The zero-order valence-corrected chi connectivity index (χ0v) is 11.8. The topological polar surface area (TPSA) is 48.3 Å². The highest BCUT2D eigenvalue weighted by Gasteiger charge is 2.39. The molecule has 0 aliphatic carbocycles. The molecule has 0 saturated carbocycles. The summed E-state index contributed by atoms with van der Waals surface area (Å²) in [5.74, 6) is 0.778. The molecule has 1 aromatic carbocycles. The van der Waals surface area contributed by atoms with Crippen molar-refractivity contribution in [2.75, 3.05) is 25.5 Å². The normalized spacial score (nSPS) is 23.3. The van der Waals surface area contributed by atoms with Gasteiger partial charge in [0.15, 0.2) is 0 Å². The van der Waals surface area contributed by atoms with Gasteiger partial charge in [0.1, 0.15) is 11.3 Å². The summed E-state index contributed by atoms with van der Waals surface area (Å²) in [5, 5.41) is 12.9. The Morgan fingerprint density at radius 3 is 2.74 bits per heavy atom. The van der Waals surface area contributed by atoms with Gasteiger partial charge in [-0.25, -0.2) is 0 Å². The Bertz CT molecular complexity index is 481. The van der Waals surface area contributed by atoms with Crippen LogP contribution in [-0.4, -0.2) is 36.7 Å². The van der Waals surface area contributed by atoms with Crippen molar-refractivity contribution in [3.8, 4) is 11.8 Å². The van der Waals surface area contributed by atoms with E-state index < -0.39 is 5.54 Å². The van der Waals surface area contributed by atoms with Gasteiger partial charge in [0.05, 0.1) is 18.9 Å². The highest BCUT2D eigenvalue weighted by atomic mass is 16.5. The first-order valence-electron chi connectivity index (χ1n) is 6.67. The molecule has 102 valence electrons. The molecule has 1 atom stereocenters. The molecular weight excluding hydrogens is 238 g/mol. The number of anilines is 1. The maximum Gasteiger partial charge on any atom is 0.141 e. The van der Waals surface area contributed by atoms with Crippen LogP contribution in [0.15, 0.2) is 24.3 Å². The Morgan fingerprint density at radius 2 is 2.16 bits per heavy atom. The molecule has 2 rings (SSSR count). The van der Waals surface area contributed by atoms with Gasteiger partial charge in [-0.3, -0.25) is 4.90 Å². The number of nitrogens with one attached hydrogen (secondary N) is 1. The Balaban J connectivity index is 2.19. The number of ether oxygens (including phenoxy) is 1. The molecule has 1 N–H and O–H groups in total. The van der Waals surface area contributed by atoms with Crippen LogP contribution in [0.5, 0.6) is 5.75 Å². The number of rotatable bonds is 4. The summed E-state index contributed by atoms with van der Waals surface area (Å²) in [7, 11) is 1.65. The molecule has 4 heteroatoms. The minimum Gasteiger partial charge on any atom is -0.495 e. The number of nitriles is 1. The summed E-state index contributed by atoms with van der Waals surface area (Å²) in [5.41, 5.74) is 0.371. The van der Waals surface area contributed by atoms with Crippen molar-refractivity contribution in [3.05, 3.63) is 24.3 Å². The number of hydrogen-bond acceptors (Lipinski definition) is 4. The first-order chi connectivity index (χ1) is 9.10. The third-order valence-corrected chi connectivity index (χ3v) is 3.72. The summed E-state index contributed by atoms with van der Waals surface area (Å²) >= 11 is 0. The van der Waals surface area contributed by atoms with Gasteiger partial charge in [-0.05, 0) is 32.4 Å². The Kier molecular flexibility index (Phi) is 3.96. The summed E-state index contributed by atoms with van der Waals surface area (Å²) in [6.45, 7) is 6.03. The lowest BCUT2D eigenvalue weighted by atomic mass is 10.00. The molecule has 4 nitrogen and oxygen atoms in total. The molecule has 0 amide bonds. The highest BCUT2D eigenvalue weighted by molar-refractivity contribution is 5.59. The van der Waals surface area contributed by atoms with Gasteiger partial charge in [-0.2, -0.15) is 5.26 Å². The van der Waals surface area contributed by atoms with E-state index in [4.69, 9.17) is 4.74 Å². The fourth-order valence-corrected chi connectivity index (χ4v) is 2.51. The van der Waals surface area contributed by atoms with Crippen LogP contribution in [0.3, 0.4) is 0 Å². The molecule has 1 fully saturated rings. The van der Waals surface area contributed by atoms with Crippen molar-refractivity contribution in [2.24, 2.45) is 0 Å². The third kappa shape index (κ3) is 2.82. The number of hydrogen-bond donors (Lipinski definition) is 1. The smallest absolute Gasteiger partial charge is 0.141 e. The summed E-state index contributed by atoms with van der Waals surface area (Å²) < 4.78 is 5.33. The maximum atomic E-state index is 9.56. The summed E-state index contributed by atoms with van der Waals surface area (Å²) in [4.78, 5) is 2.33. The third-order valence-electron chi connectivity index (χ3n) is 3.72. The maximum absolute atomic E-state index is 9.56. The van der Waals surface area contributed by atoms with Crippen LogP contribution in [0.25, 0.3) is 0 Å². The van der Waals surface area contributed by atoms with Gasteiger partial charge >= 0.3 is 0 Å². The van der Waals surface area contributed by atoms with Gasteiger partial charge in [0.25, 0.3) is 0 Å². The largest absolute Gasteiger partial charge is 0.495 e. The van der Waals surface area contributed by atoms with Crippen molar-refractivity contribution < 1.29 is 4.74 Å². The molecule has 0 bridgehead atoms. The zero-order chi connectivity index (χ0) is 13.9. The molecule has 1 aliphatic rings. The van der Waals surface area contributed by atoms with Crippen molar-refractivity contribution in [1.82, 2.24) is 4.90 Å². The predicted molar refractivity (Wildman–Crippen MR) is 76.3 cm³/mol. The number of nitrogens with zero attached hydrogens (tertiary/aromatic N) is 2. The molecular formula is C15H21N3O. The average Bonchev–Trinajstić information content (AvgIpc) is 2.84. The van der Waals surface area contributed by atoms with Crippen LogP contribution in [0.1, 0.15) is 20.3 Å². The lowest BCUT2D eigenvalue weighted by Gasteiger charge is -2.27. The lowest BCUT2D eigenvalue weighted by Crippen LogP contribution is -2.41. The van der Waals surface area contributed by atoms with Gasteiger partial charge in [0, 0.05) is 19.1 Å². The monoisotopic (exact) mass is 259 g/mol. The van der Waals surface area contributed by atoms with E-state index in [1.165, 1.54) is 0 Å². The van der Waals surface area contributed by atoms with Crippen LogP contribution in [0.4, 0.5) is 5.69 Å². The summed E-state index contributed by atoms with van der Waals surface area (Å²) in [6, 6.07) is 10.7. The van der Waals surface area contributed by atoms with Gasteiger partial charge < -0.3 is 10.1 Å². The van der Waals surface area contributed by atoms with Crippen molar-refractivity contribution in [2.45, 2.75) is 31.8 Å². The van der Waals surface area contributed by atoms with E-state index in [-0.39, 0.29) is 0 Å². The van der Waals surface area contributed by atoms with E-state index in [1.807, 2.05) is 24.3 Å². The minimum absolute atomic E-state index is 0.467. The zero-order valence-electron chi connectivity index (χ0n) is 11.8. The fraction of sp³-hybridized carbons (Fsp3) is 0.533. The van der Waals surface area contributed by atoms with Gasteiger partial charge in [0.2, 0.25) is 0 Å². The van der Waals surface area contributed by atoms with Crippen molar-refractivity contribution >= 4 is 5.69 Å². The quantitative estimate of drug-likeness (QED) is 0.902. The minimum atomic E-state index is -0.515. The van der Waals surface area contributed by atoms with Crippen molar-refractivity contribution in [1.29, 1.82) is 5.26 Å². The molecule has 0 radical (unpaired) electrons. The second-order valence-electron chi connectivity index (χ2n) is 5.33. The van der Waals surface area contributed by atoms with E-state index >= 15 is 0 Å². The molecule has 0 spiro atoms. The van der Waals surface area contributed by atoms with Crippen LogP contribution in [0.2, 0.25) is 0 Å². The first kappa shape index (κ1) is 13.7. The van der Waals surface area contributed by atoms with Crippen LogP contribution >= 0.6 is 0 Å². The average molecular weight is 259 g/mol. The summed E-state index contributed by atoms with van der Waals surface area (Å²) in [6.07, 6.45) is 0.833. The molecule has 1 saturated heterocycles. The molecule has 1 unspecified atom stereocenters. The predicted octanol–water partition coefficient (Wildman–Crippen LogP) is 2.48. The number of benzene rings is 1. The second-order valence-corrected chi connectivity index (χ2v) is 5.33. The molecule has 0 aromatic heterocycles.